The highest BCUT2D eigenvalue weighted by Crippen LogP contribution is 2.11. The Morgan fingerprint density at radius 3 is 2.67 bits per heavy atom. The van der Waals surface area contributed by atoms with Gasteiger partial charge in [-0.05, 0) is 6.07 Å². The van der Waals surface area contributed by atoms with E-state index < -0.39 is 18.9 Å². The van der Waals surface area contributed by atoms with Crippen molar-refractivity contribution in [3.8, 4) is 5.75 Å². The second-order valence-corrected chi connectivity index (χ2v) is 2.68. The van der Waals surface area contributed by atoms with Crippen LogP contribution in [0.5, 0.6) is 5.75 Å². The molecular weight excluding hydrogens is 202 g/mol. The molecule has 0 heterocycles. The minimum Gasteiger partial charge on any atom is -0.423 e. The molecule has 0 aliphatic carbocycles. The van der Waals surface area contributed by atoms with Gasteiger partial charge in [-0.1, -0.05) is 12.6 Å². The first-order valence-corrected chi connectivity index (χ1v) is 4.04. The Morgan fingerprint density at radius 2 is 2.20 bits per heavy atom. The number of rotatable bonds is 3. The Bertz CT molecular complexity index is 392. The van der Waals surface area contributed by atoms with Crippen LogP contribution in [0.2, 0.25) is 0 Å². The minimum absolute atomic E-state index is 0.0261. The number of halogens is 1. The fraction of sp³-hybridized carbons (Fsp3) is 0. The summed E-state index contributed by atoms with van der Waals surface area (Å²) < 4.78 is 17.7. The first-order valence-electron chi connectivity index (χ1n) is 4.04. The lowest BCUT2D eigenvalue weighted by Gasteiger charge is -2.04. The van der Waals surface area contributed by atoms with Gasteiger partial charge in [-0.3, -0.25) is 0 Å². The summed E-state index contributed by atoms with van der Waals surface area (Å²) in [5.41, 5.74) is -0.284. The molecule has 78 valence electrons. The zero-order valence-electron chi connectivity index (χ0n) is 7.68. The molecule has 0 bridgehead atoms. The van der Waals surface area contributed by atoms with E-state index in [1.54, 1.807) is 0 Å². The number of carbonyl (C=O) groups excluding carboxylic acids is 1. The molecule has 1 aromatic carbocycles. The normalized spacial score (nSPS) is 9.53. The molecule has 0 unspecified atom stereocenters. The molecule has 1 aromatic rings. The van der Waals surface area contributed by atoms with Gasteiger partial charge in [0, 0.05) is 17.6 Å². The lowest BCUT2D eigenvalue weighted by molar-refractivity contribution is -0.128. The average Bonchev–Trinajstić information content (AvgIpc) is 2.17. The number of hydrogen-bond donors (Lipinski definition) is 2. The maximum atomic E-state index is 13.1. The van der Waals surface area contributed by atoms with E-state index in [2.05, 4.69) is 11.3 Å². The zero-order chi connectivity index (χ0) is 11.4. The van der Waals surface area contributed by atoms with Crippen molar-refractivity contribution in [3.63, 3.8) is 0 Å². The van der Waals surface area contributed by atoms with Crippen LogP contribution in [-0.2, 0) is 4.79 Å². The lowest BCUT2D eigenvalue weighted by Crippen LogP contribution is -2.32. The smallest absolute Gasteiger partial charge is 0.423 e. The van der Waals surface area contributed by atoms with Gasteiger partial charge in [0.2, 0.25) is 0 Å². The molecule has 0 radical (unpaired) electrons. The van der Waals surface area contributed by atoms with Crippen LogP contribution in [0.25, 0.3) is 0 Å². The van der Waals surface area contributed by atoms with E-state index in [0.717, 1.165) is 18.2 Å². The van der Waals surface area contributed by atoms with Gasteiger partial charge in [-0.2, -0.15) is 0 Å². The predicted octanol–water partition coefficient (Wildman–Crippen LogP) is -0.403. The SMILES string of the molecule is C=CC(=O)Oc1ccc(B(O)O)c(F)c1. The van der Waals surface area contributed by atoms with Crippen LogP contribution in [0.1, 0.15) is 0 Å². The van der Waals surface area contributed by atoms with Crippen LogP contribution >= 0.6 is 0 Å². The van der Waals surface area contributed by atoms with Crippen molar-refractivity contribution in [2.75, 3.05) is 0 Å². The van der Waals surface area contributed by atoms with Gasteiger partial charge in [0.05, 0.1) is 0 Å². The Balaban J connectivity index is 2.91. The largest absolute Gasteiger partial charge is 0.491 e. The molecular formula is C9H8BFO4. The van der Waals surface area contributed by atoms with Crippen molar-refractivity contribution in [2.45, 2.75) is 0 Å². The highest BCUT2D eigenvalue weighted by Gasteiger charge is 2.17. The van der Waals surface area contributed by atoms with Crippen LogP contribution in [0.15, 0.2) is 30.9 Å². The van der Waals surface area contributed by atoms with Crippen molar-refractivity contribution >= 4 is 18.6 Å². The molecule has 0 saturated heterocycles. The van der Waals surface area contributed by atoms with Crippen LogP contribution in [0.4, 0.5) is 4.39 Å². The number of carbonyl (C=O) groups is 1. The van der Waals surface area contributed by atoms with Crippen LogP contribution in [0, 0.1) is 5.82 Å². The van der Waals surface area contributed by atoms with Crippen LogP contribution in [-0.4, -0.2) is 23.1 Å². The Labute approximate surface area is 85.8 Å². The number of hydrogen-bond acceptors (Lipinski definition) is 4. The Kier molecular flexibility index (Phi) is 3.59. The molecule has 0 aliphatic rings. The third kappa shape index (κ3) is 2.90. The number of ether oxygens (including phenoxy) is 1. The van der Waals surface area contributed by atoms with Crippen molar-refractivity contribution in [3.05, 3.63) is 36.7 Å². The maximum Gasteiger partial charge on any atom is 0.491 e. The second-order valence-electron chi connectivity index (χ2n) is 2.68. The number of esters is 1. The Morgan fingerprint density at radius 1 is 1.53 bits per heavy atom. The fourth-order valence-electron chi connectivity index (χ4n) is 0.939. The molecule has 0 aromatic heterocycles. The first-order chi connectivity index (χ1) is 7.04. The van der Waals surface area contributed by atoms with Gasteiger partial charge in [0.15, 0.2) is 0 Å². The summed E-state index contributed by atoms with van der Waals surface area (Å²) in [6.45, 7) is 3.18. The average molecular weight is 210 g/mol. The minimum atomic E-state index is -1.89. The summed E-state index contributed by atoms with van der Waals surface area (Å²) in [7, 11) is -1.89. The Hall–Kier alpha value is -1.66. The monoisotopic (exact) mass is 210 g/mol. The van der Waals surface area contributed by atoms with E-state index in [9.17, 15) is 9.18 Å². The van der Waals surface area contributed by atoms with Gasteiger partial charge in [0.1, 0.15) is 11.6 Å². The lowest BCUT2D eigenvalue weighted by atomic mass is 9.80. The topological polar surface area (TPSA) is 66.8 Å². The molecule has 15 heavy (non-hydrogen) atoms. The standard InChI is InChI=1S/C9H8BFO4/c1-2-9(12)15-6-3-4-7(10(13)14)8(11)5-6/h2-5,13-14H,1H2. The van der Waals surface area contributed by atoms with Gasteiger partial charge >= 0.3 is 13.1 Å². The number of benzene rings is 1. The van der Waals surface area contributed by atoms with E-state index in [4.69, 9.17) is 10.0 Å². The van der Waals surface area contributed by atoms with E-state index >= 15 is 0 Å². The summed E-state index contributed by atoms with van der Waals surface area (Å²) >= 11 is 0. The molecule has 0 aliphatic heterocycles. The molecule has 6 heteroatoms. The molecule has 0 spiro atoms. The third-order valence-electron chi connectivity index (χ3n) is 1.64. The third-order valence-corrected chi connectivity index (χ3v) is 1.64. The van der Waals surface area contributed by atoms with Crippen molar-refractivity contribution < 1.29 is 24.0 Å². The van der Waals surface area contributed by atoms with E-state index in [1.807, 2.05) is 0 Å². The zero-order valence-corrected chi connectivity index (χ0v) is 7.68. The molecule has 4 nitrogen and oxygen atoms in total. The van der Waals surface area contributed by atoms with E-state index in [0.29, 0.717) is 0 Å². The maximum absolute atomic E-state index is 13.1. The molecule has 0 atom stereocenters. The van der Waals surface area contributed by atoms with E-state index in [1.165, 1.54) is 6.07 Å². The molecule has 0 saturated carbocycles. The van der Waals surface area contributed by atoms with Gasteiger partial charge in [-0.25, -0.2) is 9.18 Å². The second kappa shape index (κ2) is 4.72. The quantitative estimate of drug-likeness (QED) is 0.308. The highest BCUT2D eigenvalue weighted by atomic mass is 19.1. The summed E-state index contributed by atoms with van der Waals surface area (Å²) in [5, 5.41) is 17.4. The summed E-state index contributed by atoms with van der Waals surface area (Å²) in [6.07, 6.45) is 0.937. The summed E-state index contributed by atoms with van der Waals surface area (Å²) in [6, 6.07) is 3.25. The fourth-order valence-corrected chi connectivity index (χ4v) is 0.939. The molecule has 2 N–H and O–H groups in total. The summed E-state index contributed by atoms with van der Waals surface area (Å²) in [4.78, 5) is 10.7. The molecule has 1 rings (SSSR count). The first kappa shape index (κ1) is 11.4. The van der Waals surface area contributed by atoms with Gasteiger partial charge < -0.3 is 14.8 Å². The van der Waals surface area contributed by atoms with Crippen LogP contribution < -0.4 is 10.2 Å². The van der Waals surface area contributed by atoms with Gasteiger partial charge in [0.25, 0.3) is 0 Å². The molecule has 0 fully saturated rings. The van der Waals surface area contributed by atoms with Gasteiger partial charge in [-0.15, -0.1) is 0 Å². The van der Waals surface area contributed by atoms with Crippen molar-refractivity contribution in [2.24, 2.45) is 0 Å². The van der Waals surface area contributed by atoms with Crippen LogP contribution in [0.3, 0.4) is 0 Å². The van der Waals surface area contributed by atoms with Crippen molar-refractivity contribution in [1.82, 2.24) is 0 Å². The molecule has 0 amide bonds. The summed E-state index contributed by atoms with van der Waals surface area (Å²) in [5.74, 6) is -1.60. The van der Waals surface area contributed by atoms with Crippen molar-refractivity contribution in [1.29, 1.82) is 0 Å². The highest BCUT2D eigenvalue weighted by molar-refractivity contribution is 6.58. The van der Waals surface area contributed by atoms with E-state index in [-0.39, 0.29) is 11.2 Å². The predicted molar refractivity (Wildman–Crippen MR) is 52.1 cm³/mol.